The molecule has 0 aromatic heterocycles. The van der Waals surface area contributed by atoms with Crippen LogP contribution in [0.2, 0.25) is 0 Å². The van der Waals surface area contributed by atoms with E-state index in [-0.39, 0.29) is 0 Å². The van der Waals surface area contributed by atoms with Gasteiger partial charge in [-0.1, -0.05) is 57.5 Å². The second-order valence-corrected chi connectivity index (χ2v) is 5.44. The Kier molecular flexibility index (Phi) is 3.88. The summed E-state index contributed by atoms with van der Waals surface area (Å²) in [4.78, 5) is 0. The lowest BCUT2D eigenvalue weighted by molar-refractivity contribution is 0.307. The molecule has 2 rings (SSSR count). The van der Waals surface area contributed by atoms with Gasteiger partial charge in [0.05, 0.1) is 0 Å². The van der Waals surface area contributed by atoms with E-state index in [9.17, 15) is 0 Å². The summed E-state index contributed by atoms with van der Waals surface area (Å²) in [6.45, 7) is 7.98. The maximum Gasteiger partial charge on any atom is 0.0189 e. The first-order valence-corrected chi connectivity index (χ1v) is 7.03. The largest absolute Gasteiger partial charge is 0.313 e. The van der Waals surface area contributed by atoms with Crippen LogP contribution in [-0.2, 0) is 5.41 Å². The van der Waals surface area contributed by atoms with Crippen molar-refractivity contribution >= 4 is 0 Å². The number of hydrogen-bond donors (Lipinski definition) is 1. The Labute approximate surface area is 106 Å². The maximum atomic E-state index is 3.73. The van der Waals surface area contributed by atoms with Gasteiger partial charge in [-0.2, -0.15) is 0 Å². The Balaban J connectivity index is 2.23. The predicted octanol–water partition coefficient (Wildman–Crippen LogP) is 3.74. The zero-order chi connectivity index (χ0) is 12.3. The molecule has 1 nitrogen and oxygen atoms in total. The van der Waals surface area contributed by atoms with Crippen LogP contribution in [0, 0.1) is 5.92 Å². The minimum atomic E-state index is 0.423. The van der Waals surface area contributed by atoms with Crippen LogP contribution in [0.25, 0.3) is 0 Å². The monoisotopic (exact) mass is 231 g/mol. The van der Waals surface area contributed by atoms with Crippen LogP contribution in [0.15, 0.2) is 30.3 Å². The fourth-order valence-corrected chi connectivity index (χ4v) is 3.08. The first kappa shape index (κ1) is 12.6. The van der Waals surface area contributed by atoms with Crippen LogP contribution in [-0.4, -0.2) is 12.6 Å². The van der Waals surface area contributed by atoms with Crippen molar-refractivity contribution in [2.24, 2.45) is 5.92 Å². The molecule has 17 heavy (non-hydrogen) atoms. The van der Waals surface area contributed by atoms with E-state index in [0.717, 1.165) is 12.5 Å². The molecule has 1 N–H and O–H groups in total. The molecule has 1 aromatic rings. The third-order valence-electron chi connectivity index (χ3n) is 4.37. The van der Waals surface area contributed by atoms with E-state index in [4.69, 9.17) is 0 Å². The lowest BCUT2D eigenvalue weighted by Crippen LogP contribution is -2.44. The first-order chi connectivity index (χ1) is 8.24. The van der Waals surface area contributed by atoms with Crippen LogP contribution in [0.4, 0.5) is 0 Å². The normalized spacial score (nSPS) is 20.9. The van der Waals surface area contributed by atoms with Gasteiger partial charge in [-0.3, -0.25) is 0 Å². The number of rotatable bonds is 6. The van der Waals surface area contributed by atoms with Crippen molar-refractivity contribution in [2.75, 3.05) is 6.54 Å². The summed E-state index contributed by atoms with van der Waals surface area (Å²) in [5.74, 6) is 0.748. The maximum absolute atomic E-state index is 3.73. The molecule has 1 fully saturated rings. The summed E-state index contributed by atoms with van der Waals surface area (Å²) < 4.78 is 0. The molecule has 94 valence electrons. The second-order valence-electron chi connectivity index (χ2n) is 5.44. The summed E-state index contributed by atoms with van der Waals surface area (Å²) in [5, 5.41) is 3.73. The highest BCUT2D eigenvalue weighted by atomic mass is 14.9. The van der Waals surface area contributed by atoms with E-state index in [1.165, 1.54) is 24.8 Å². The molecule has 0 saturated heterocycles. The van der Waals surface area contributed by atoms with Crippen LogP contribution in [0.1, 0.15) is 45.6 Å². The summed E-state index contributed by atoms with van der Waals surface area (Å²) in [6.07, 6.45) is 3.95. The molecule has 1 heteroatoms. The van der Waals surface area contributed by atoms with Crippen LogP contribution < -0.4 is 5.32 Å². The fraction of sp³-hybridized carbons (Fsp3) is 0.625. The van der Waals surface area contributed by atoms with E-state index in [1.54, 1.807) is 0 Å². The smallest absolute Gasteiger partial charge is 0.0189 e. The average molecular weight is 231 g/mol. The Morgan fingerprint density at radius 1 is 1.18 bits per heavy atom. The molecule has 1 aliphatic rings. The topological polar surface area (TPSA) is 12.0 Å². The molecule has 0 heterocycles. The highest BCUT2D eigenvalue weighted by Gasteiger charge is 2.51. The van der Waals surface area contributed by atoms with Crippen molar-refractivity contribution in [1.29, 1.82) is 0 Å². The number of nitrogens with one attached hydrogen (secondary N) is 1. The quantitative estimate of drug-likeness (QED) is 0.786. The molecule has 2 atom stereocenters. The highest BCUT2D eigenvalue weighted by molar-refractivity contribution is 5.34. The molecule has 0 bridgehead atoms. The van der Waals surface area contributed by atoms with Gasteiger partial charge in [-0.15, -0.1) is 0 Å². The second kappa shape index (κ2) is 5.22. The summed E-state index contributed by atoms with van der Waals surface area (Å²) in [7, 11) is 0. The van der Waals surface area contributed by atoms with Crippen molar-refractivity contribution in [2.45, 2.75) is 51.5 Å². The van der Waals surface area contributed by atoms with Gasteiger partial charge in [0.1, 0.15) is 0 Å². The summed E-state index contributed by atoms with van der Waals surface area (Å²) in [5.41, 5.74) is 1.96. The molecule has 0 amide bonds. The van der Waals surface area contributed by atoms with Crippen molar-refractivity contribution in [3.05, 3.63) is 35.9 Å². The molecule has 2 unspecified atom stereocenters. The van der Waals surface area contributed by atoms with Gasteiger partial charge in [0, 0.05) is 11.5 Å². The van der Waals surface area contributed by atoms with Gasteiger partial charge in [-0.25, -0.2) is 0 Å². The van der Waals surface area contributed by atoms with E-state index in [2.05, 4.69) is 56.4 Å². The SMILES string of the molecule is CCNC(C(C)CC)C1(c2ccccc2)CC1. The molecule has 0 aliphatic heterocycles. The van der Waals surface area contributed by atoms with Gasteiger partial charge in [-0.05, 0) is 30.9 Å². The standard InChI is InChI=1S/C16H25N/c1-4-13(3)15(17-5-2)16(11-12-16)14-9-7-6-8-10-14/h6-10,13,15,17H,4-5,11-12H2,1-3H3. The molecule has 1 aromatic carbocycles. The van der Waals surface area contributed by atoms with Crippen molar-refractivity contribution in [3.8, 4) is 0 Å². The third-order valence-corrected chi connectivity index (χ3v) is 4.37. The number of hydrogen-bond acceptors (Lipinski definition) is 1. The molecule has 1 aliphatic carbocycles. The molecular weight excluding hydrogens is 206 g/mol. The zero-order valence-electron chi connectivity index (χ0n) is 11.4. The van der Waals surface area contributed by atoms with Crippen molar-refractivity contribution in [1.82, 2.24) is 5.32 Å². The Bertz CT molecular complexity index is 340. The van der Waals surface area contributed by atoms with Crippen LogP contribution >= 0.6 is 0 Å². The van der Waals surface area contributed by atoms with Crippen molar-refractivity contribution < 1.29 is 0 Å². The van der Waals surface area contributed by atoms with Gasteiger partial charge in [0.2, 0.25) is 0 Å². The van der Waals surface area contributed by atoms with Crippen LogP contribution in [0.5, 0.6) is 0 Å². The molecule has 0 spiro atoms. The molecular formula is C16H25N. The zero-order valence-corrected chi connectivity index (χ0v) is 11.4. The number of likely N-dealkylation sites (N-methyl/N-ethyl adjacent to an activating group) is 1. The Hall–Kier alpha value is -0.820. The van der Waals surface area contributed by atoms with E-state index < -0.39 is 0 Å². The summed E-state index contributed by atoms with van der Waals surface area (Å²) in [6, 6.07) is 11.7. The van der Waals surface area contributed by atoms with Gasteiger partial charge >= 0.3 is 0 Å². The molecule has 0 radical (unpaired) electrons. The van der Waals surface area contributed by atoms with Gasteiger partial charge < -0.3 is 5.32 Å². The van der Waals surface area contributed by atoms with Gasteiger partial charge in [0.25, 0.3) is 0 Å². The average Bonchev–Trinajstić information content (AvgIpc) is 3.17. The third kappa shape index (κ3) is 2.40. The van der Waals surface area contributed by atoms with E-state index in [0.29, 0.717) is 11.5 Å². The van der Waals surface area contributed by atoms with Crippen molar-refractivity contribution in [3.63, 3.8) is 0 Å². The minimum Gasteiger partial charge on any atom is -0.313 e. The lowest BCUT2D eigenvalue weighted by Gasteiger charge is -2.33. The minimum absolute atomic E-state index is 0.423. The Morgan fingerprint density at radius 2 is 1.82 bits per heavy atom. The molecule has 1 saturated carbocycles. The Morgan fingerprint density at radius 3 is 2.29 bits per heavy atom. The fourth-order valence-electron chi connectivity index (χ4n) is 3.08. The number of benzene rings is 1. The van der Waals surface area contributed by atoms with E-state index in [1.807, 2.05) is 0 Å². The summed E-state index contributed by atoms with van der Waals surface area (Å²) >= 11 is 0. The first-order valence-electron chi connectivity index (χ1n) is 7.03. The van der Waals surface area contributed by atoms with Gasteiger partial charge in [0.15, 0.2) is 0 Å². The van der Waals surface area contributed by atoms with Crippen LogP contribution in [0.3, 0.4) is 0 Å². The lowest BCUT2D eigenvalue weighted by atomic mass is 9.80. The van der Waals surface area contributed by atoms with E-state index >= 15 is 0 Å². The highest BCUT2D eigenvalue weighted by Crippen LogP contribution is 2.52. The predicted molar refractivity (Wildman–Crippen MR) is 74.3 cm³/mol.